The van der Waals surface area contributed by atoms with Gasteiger partial charge in [-0.25, -0.2) is 8.42 Å². The zero-order valence-corrected chi connectivity index (χ0v) is 11.6. The summed E-state index contributed by atoms with van der Waals surface area (Å²) in [7, 11) is -3.12. The molecular weight excluding hydrogens is 300 g/mol. The number of rotatable bonds is 2. The highest BCUT2D eigenvalue weighted by Crippen LogP contribution is 2.74. The molecule has 5 rings (SSSR count). The van der Waals surface area contributed by atoms with Gasteiger partial charge in [0.15, 0.2) is 9.84 Å². The first kappa shape index (κ1) is 10.6. The van der Waals surface area contributed by atoms with Crippen LogP contribution in [0.2, 0.25) is 0 Å². The molecule has 4 heteroatoms. The van der Waals surface area contributed by atoms with E-state index < -0.39 is 9.84 Å². The Hall–Kier alpha value is -0.350. The molecular formula is C13H13BrO2S. The summed E-state index contributed by atoms with van der Waals surface area (Å²) in [6, 6.07) is 8.93. The van der Waals surface area contributed by atoms with Crippen molar-refractivity contribution >= 4 is 25.8 Å². The standard InChI is InChI=1S/C13H13BrO2S/c14-12-9-6-8-10(12)11(8)13(9)17(15,16)7-4-2-1-3-5-7/h1-5,8-13H,6H2/t8-,9-,10+,11-,12-,13-/m0/s1. The second kappa shape index (κ2) is 3.15. The summed E-state index contributed by atoms with van der Waals surface area (Å²) >= 11 is 3.69. The predicted molar refractivity (Wildman–Crippen MR) is 68.7 cm³/mol. The molecule has 1 aromatic rings. The topological polar surface area (TPSA) is 34.1 Å². The summed E-state index contributed by atoms with van der Waals surface area (Å²) in [4.78, 5) is 0.948. The van der Waals surface area contributed by atoms with E-state index >= 15 is 0 Å². The first-order chi connectivity index (χ1) is 8.12. The first-order valence-corrected chi connectivity index (χ1v) is 8.51. The lowest BCUT2D eigenvalue weighted by molar-refractivity contribution is 0.547. The van der Waals surface area contributed by atoms with Crippen molar-refractivity contribution in [3.63, 3.8) is 0 Å². The van der Waals surface area contributed by atoms with Crippen LogP contribution in [0.25, 0.3) is 0 Å². The van der Waals surface area contributed by atoms with Gasteiger partial charge in [-0.1, -0.05) is 34.1 Å². The van der Waals surface area contributed by atoms with E-state index in [-0.39, 0.29) is 5.25 Å². The third kappa shape index (κ3) is 1.18. The van der Waals surface area contributed by atoms with Gasteiger partial charge in [0.1, 0.15) is 0 Å². The van der Waals surface area contributed by atoms with Crippen LogP contribution < -0.4 is 0 Å². The monoisotopic (exact) mass is 312 g/mol. The maximum absolute atomic E-state index is 12.6. The van der Waals surface area contributed by atoms with Gasteiger partial charge in [0.25, 0.3) is 0 Å². The van der Waals surface area contributed by atoms with Crippen LogP contribution in [0.1, 0.15) is 6.42 Å². The van der Waals surface area contributed by atoms with Gasteiger partial charge in [-0.3, -0.25) is 0 Å². The molecule has 2 nitrogen and oxygen atoms in total. The second-order valence-corrected chi connectivity index (χ2v) is 8.65. The SMILES string of the molecule is O=S(=O)(c1ccccc1)[C@H]1[C@H]2C[C@H]3[C@@H]([C@H]2Br)[C@H]31. The molecule has 0 saturated heterocycles. The molecule has 1 aromatic carbocycles. The quantitative estimate of drug-likeness (QED) is 0.786. The van der Waals surface area contributed by atoms with Crippen molar-refractivity contribution in [3.8, 4) is 0 Å². The van der Waals surface area contributed by atoms with Gasteiger partial charge in [0.05, 0.1) is 10.1 Å². The Morgan fingerprint density at radius 1 is 1.06 bits per heavy atom. The Bertz CT molecular complexity index is 568. The number of hydrogen-bond acceptors (Lipinski definition) is 2. The lowest BCUT2D eigenvalue weighted by Gasteiger charge is -2.17. The average Bonchev–Trinajstić information content (AvgIpc) is 2.64. The van der Waals surface area contributed by atoms with Crippen LogP contribution in [0.3, 0.4) is 0 Å². The minimum absolute atomic E-state index is 0.121. The molecule has 0 aliphatic heterocycles. The van der Waals surface area contributed by atoms with Crippen LogP contribution in [0.5, 0.6) is 0 Å². The van der Waals surface area contributed by atoms with Gasteiger partial charge in [0.2, 0.25) is 0 Å². The molecule has 4 saturated carbocycles. The molecule has 0 heterocycles. The summed E-state index contributed by atoms with van der Waals surface area (Å²) in [6.45, 7) is 0. The number of hydrogen-bond donors (Lipinski definition) is 0. The van der Waals surface area contributed by atoms with Gasteiger partial charge in [-0.05, 0) is 42.2 Å². The molecule has 0 amide bonds. The van der Waals surface area contributed by atoms with Crippen molar-refractivity contribution in [3.05, 3.63) is 30.3 Å². The smallest absolute Gasteiger partial charge is 0.181 e. The molecule has 90 valence electrons. The first-order valence-electron chi connectivity index (χ1n) is 6.05. The average molecular weight is 313 g/mol. The van der Waals surface area contributed by atoms with E-state index in [0.29, 0.717) is 33.4 Å². The van der Waals surface area contributed by atoms with Crippen molar-refractivity contribution in [1.82, 2.24) is 0 Å². The van der Waals surface area contributed by atoms with Gasteiger partial charge in [-0.15, -0.1) is 0 Å². The fraction of sp³-hybridized carbons (Fsp3) is 0.538. The maximum Gasteiger partial charge on any atom is 0.181 e. The molecule has 17 heavy (non-hydrogen) atoms. The lowest BCUT2D eigenvalue weighted by atomic mass is 10.1. The predicted octanol–water partition coefficient (Wildman–Crippen LogP) is 2.49. The molecule has 4 fully saturated rings. The Morgan fingerprint density at radius 3 is 2.24 bits per heavy atom. The number of halogens is 1. The van der Waals surface area contributed by atoms with Gasteiger partial charge >= 0.3 is 0 Å². The summed E-state index contributed by atoms with van der Waals surface area (Å²) in [5.74, 6) is 2.12. The zero-order chi connectivity index (χ0) is 11.8. The molecule has 6 atom stereocenters. The van der Waals surface area contributed by atoms with Crippen LogP contribution in [0, 0.1) is 23.7 Å². The Balaban J connectivity index is 1.78. The van der Waals surface area contributed by atoms with E-state index in [9.17, 15) is 8.42 Å². The summed E-state index contributed by atoms with van der Waals surface area (Å²) in [5.41, 5.74) is 0. The minimum atomic E-state index is -3.12. The van der Waals surface area contributed by atoms with Crippen LogP contribution in [-0.4, -0.2) is 18.5 Å². The minimum Gasteiger partial charge on any atom is -0.223 e. The Kier molecular flexibility index (Phi) is 1.96. The fourth-order valence-electron chi connectivity index (χ4n) is 4.19. The van der Waals surface area contributed by atoms with Crippen LogP contribution in [0.15, 0.2) is 35.2 Å². The third-order valence-corrected chi connectivity index (χ3v) is 8.44. The van der Waals surface area contributed by atoms with E-state index in [2.05, 4.69) is 15.9 Å². The molecule has 4 aliphatic rings. The molecule has 4 aliphatic carbocycles. The number of sulfone groups is 1. The third-order valence-electron chi connectivity index (χ3n) is 4.84. The summed E-state index contributed by atoms with van der Waals surface area (Å²) in [6.07, 6.45) is 1.11. The van der Waals surface area contributed by atoms with Crippen molar-refractivity contribution in [2.75, 3.05) is 0 Å². The van der Waals surface area contributed by atoms with E-state index in [0.717, 1.165) is 6.42 Å². The molecule has 0 radical (unpaired) electrons. The van der Waals surface area contributed by atoms with Crippen molar-refractivity contribution in [2.45, 2.75) is 21.4 Å². The van der Waals surface area contributed by atoms with Gasteiger partial charge in [-0.2, -0.15) is 0 Å². The lowest BCUT2D eigenvalue weighted by Crippen LogP contribution is -2.27. The molecule has 0 spiro atoms. The van der Waals surface area contributed by atoms with Crippen molar-refractivity contribution in [1.29, 1.82) is 0 Å². The maximum atomic E-state index is 12.6. The van der Waals surface area contributed by atoms with Gasteiger partial charge < -0.3 is 0 Å². The normalized spacial score (nSPS) is 46.2. The molecule has 0 N–H and O–H groups in total. The van der Waals surface area contributed by atoms with Crippen LogP contribution in [-0.2, 0) is 9.84 Å². The highest BCUT2D eigenvalue weighted by atomic mass is 79.9. The highest BCUT2D eigenvalue weighted by molar-refractivity contribution is 9.09. The van der Waals surface area contributed by atoms with Crippen molar-refractivity contribution < 1.29 is 8.42 Å². The number of alkyl halides is 1. The highest BCUT2D eigenvalue weighted by Gasteiger charge is 2.75. The van der Waals surface area contributed by atoms with Crippen molar-refractivity contribution in [2.24, 2.45) is 23.7 Å². The largest absolute Gasteiger partial charge is 0.223 e. The van der Waals surface area contributed by atoms with E-state index in [1.165, 1.54) is 0 Å². The summed E-state index contributed by atoms with van der Waals surface area (Å²) < 4.78 is 25.3. The molecule has 4 bridgehead atoms. The Morgan fingerprint density at radius 2 is 1.76 bits per heavy atom. The fourth-order valence-corrected chi connectivity index (χ4v) is 8.07. The molecule has 0 aromatic heterocycles. The van der Waals surface area contributed by atoms with Crippen LogP contribution >= 0.6 is 15.9 Å². The van der Waals surface area contributed by atoms with Crippen LogP contribution in [0.4, 0.5) is 0 Å². The number of benzene rings is 1. The summed E-state index contributed by atoms with van der Waals surface area (Å²) in [5, 5.41) is -0.121. The zero-order valence-electron chi connectivity index (χ0n) is 9.16. The van der Waals surface area contributed by atoms with E-state index in [4.69, 9.17) is 0 Å². The second-order valence-electron chi connectivity index (χ2n) is 5.49. The van der Waals surface area contributed by atoms with E-state index in [1.807, 2.05) is 18.2 Å². The van der Waals surface area contributed by atoms with Gasteiger partial charge in [0, 0.05) is 4.83 Å². The Labute approximate surface area is 109 Å². The van der Waals surface area contributed by atoms with E-state index in [1.54, 1.807) is 12.1 Å². The molecule has 0 unspecified atom stereocenters.